The molecule has 16 heavy (non-hydrogen) atoms. The van der Waals surface area contributed by atoms with E-state index in [0.717, 1.165) is 6.42 Å². The second kappa shape index (κ2) is 7.24. The molecule has 1 aliphatic rings. The molecule has 1 N–H and O–H groups in total. The first-order valence-corrected chi connectivity index (χ1v) is 6.33. The Kier molecular flexibility index (Phi) is 5.87. The van der Waals surface area contributed by atoms with Crippen LogP contribution in [0.1, 0.15) is 38.7 Å². The van der Waals surface area contributed by atoms with Crippen molar-refractivity contribution in [3.8, 4) is 0 Å². The van der Waals surface area contributed by atoms with Crippen molar-refractivity contribution in [2.75, 3.05) is 6.54 Å². The molecule has 1 atom stereocenters. The molecule has 1 saturated heterocycles. The minimum Gasteiger partial charge on any atom is -0.314 e. The van der Waals surface area contributed by atoms with Gasteiger partial charge in [0.15, 0.2) is 0 Å². The molecule has 0 amide bonds. The highest BCUT2D eigenvalue weighted by atomic mass is 14.9. The first-order valence-electron chi connectivity index (χ1n) is 6.33. The molecular weight excluding hydrogens is 194 g/mol. The number of nitrogens with one attached hydrogen (secondary N) is 1. The van der Waals surface area contributed by atoms with E-state index in [2.05, 4.69) is 36.2 Å². The second-order valence-electron chi connectivity index (χ2n) is 3.97. The summed E-state index contributed by atoms with van der Waals surface area (Å²) in [7, 11) is 0. The van der Waals surface area contributed by atoms with Gasteiger partial charge in [0.25, 0.3) is 0 Å². The number of rotatable bonds is 3. The molecule has 0 saturated carbocycles. The molecule has 1 fully saturated rings. The van der Waals surface area contributed by atoms with Crippen LogP contribution in [0.3, 0.4) is 0 Å². The van der Waals surface area contributed by atoms with Crippen LogP contribution < -0.4 is 5.32 Å². The van der Waals surface area contributed by atoms with Crippen molar-refractivity contribution in [2.45, 2.75) is 39.2 Å². The van der Waals surface area contributed by atoms with E-state index >= 15 is 0 Å². The van der Waals surface area contributed by atoms with Gasteiger partial charge in [-0.1, -0.05) is 50.8 Å². The first kappa shape index (κ1) is 13.0. The van der Waals surface area contributed by atoms with Crippen LogP contribution in [-0.2, 0) is 0 Å². The van der Waals surface area contributed by atoms with Crippen LogP contribution in [0.25, 0.3) is 5.57 Å². The van der Waals surface area contributed by atoms with E-state index in [1.54, 1.807) is 0 Å². The smallest absolute Gasteiger partial charge is 0.0108 e. The summed E-state index contributed by atoms with van der Waals surface area (Å²) in [4.78, 5) is 0. The van der Waals surface area contributed by atoms with Crippen LogP contribution in [0, 0.1) is 0 Å². The predicted octanol–water partition coefficient (Wildman–Crippen LogP) is 3.87. The van der Waals surface area contributed by atoms with Crippen molar-refractivity contribution in [2.24, 2.45) is 0 Å². The highest BCUT2D eigenvalue weighted by molar-refractivity contribution is 5.63. The lowest BCUT2D eigenvalue weighted by Gasteiger charge is -2.12. The lowest BCUT2D eigenvalue weighted by atomic mass is 9.99. The molecule has 0 radical (unpaired) electrons. The zero-order chi connectivity index (χ0) is 11.8. The molecule has 1 heterocycles. The Labute approximate surface area is 99.6 Å². The molecule has 1 heteroatoms. The van der Waals surface area contributed by atoms with E-state index in [-0.39, 0.29) is 0 Å². The highest BCUT2D eigenvalue weighted by Gasteiger charge is 2.14. The number of hydrogen-bond donors (Lipinski definition) is 1. The van der Waals surface area contributed by atoms with Crippen molar-refractivity contribution in [3.63, 3.8) is 0 Å². The van der Waals surface area contributed by atoms with Gasteiger partial charge in [0.05, 0.1) is 0 Å². The molecule has 1 unspecified atom stereocenters. The summed E-state index contributed by atoms with van der Waals surface area (Å²) in [5.74, 6) is 0. The minimum atomic E-state index is 0.655. The maximum atomic E-state index is 4.15. The van der Waals surface area contributed by atoms with Gasteiger partial charge >= 0.3 is 0 Å². The summed E-state index contributed by atoms with van der Waals surface area (Å²) in [6.07, 6.45) is 3.70. The van der Waals surface area contributed by atoms with E-state index in [4.69, 9.17) is 0 Å². The molecule has 0 spiro atoms. The number of hydrogen-bond acceptors (Lipinski definition) is 1. The zero-order valence-corrected chi connectivity index (χ0v) is 10.5. The second-order valence-corrected chi connectivity index (χ2v) is 3.97. The molecule has 1 nitrogen and oxygen atoms in total. The Balaban J connectivity index is 0.000000606. The zero-order valence-electron chi connectivity index (χ0n) is 10.5. The number of benzene rings is 1. The Hall–Kier alpha value is -1.08. The van der Waals surface area contributed by atoms with Crippen LogP contribution in [0.2, 0.25) is 0 Å². The van der Waals surface area contributed by atoms with Gasteiger partial charge < -0.3 is 5.32 Å². The van der Waals surface area contributed by atoms with Gasteiger partial charge in [-0.25, -0.2) is 0 Å². The summed E-state index contributed by atoms with van der Waals surface area (Å²) in [6, 6.07) is 11.1. The van der Waals surface area contributed by atoms with E-state index < -0.39 is 0 Å². The van der Waals surface area contributed by atoms with E-state index in [1.165, 1.54) is 30.5 Å². The molecule has 2 rings (SSSR count). The van der Waals surface area contributed by atoms with Gasteiger partial charge in [0.2, 0.25) is 0 Å². The lowest BCUT2D eigenvalue weighted by molar-refractivity contribution is 0.622. The van der Waals surface area contributed by atoms with Crippen molar-refractivity contribution in [1.29, 1.82) is 0 Å². The van der Waals surface area contributed by atoms with Crippen LogP contribution in [0.15, 0.2) is 36.9 Å². The topological polar surface area (TPSA) is 12.0 Å². The Morgan fingerprint density at radius 3 is 2.56 bits per heavy atom. The van der Waals surface area contributed by atoms with Gasteiger partial charge in [0.1, 0.15) is 0 Å². The summed E-state index contributed by atoms with van der Waals surface area (Å²) >= 11 is 0. The van der Waals surface area contributed by atoms with Crippen LogP contribution in [-0.4, -0.2) is 12.6 Å². The van der Waals surface area contributed by atoms with Crippen molar-refractivity contribution in [3.05, 3.63) is 42.5 Å². The standard InChI is InChI=1S/C13H17N.C2H6/c1-11(10-13-8-5-9-14-13)12-6-3-2-4-7-12;1-2/h2-4,6-7,13-14H,1,5,8-10H2;1-2H3. The van der Waals surface area contributed by atoms with Gasteiger partial charge in [0, 0.05) is 6.04 Å². The van der Waals surface area contributed by atoms with E-state index in [1.807, 2.05) is 19.9 Å². The van der Waals surface area contributed by atoms with Crippen LogP contribution in [0.5, 0.6) is 0 Å². The van der Waals surface area contributed by atoms with E-state index in [9.17, 15) is 0 Å². The minimum absolute atomic E-state index is 0.655. The Morgan fingerprint density at radius 1 is 1.31 bits per heavy atom. The van der Waals surface area contributed by atoms with E-state index in [0.29, 0.717) is 6.04 Å². The maximum Gasteiger partial charge on any atom is 0.0108 e. The molecule has 1 aromatic carbocycles. The first-order chi connectivity index (χ1) is 7.86. The van der Waals surface area contributed by atoms with Crippen LogP contribution >= 0.6 is 0 Å². The Morgan fingerprint density at radius 2 is 2.00 bits per heavy atom. The lowest BCUT2D eigenvalue weighted by Crippen LogP contribution is -2.21. The highest BCUT2D eigenvalue weighted by Crippen LogP contribution is 2.21. The fraction of sp³-hybridized carbons (Fsp3) is 0.467. The monoisotopic (exact) mass is 217 g/mol. The van der Waals surface area contributed by atoms with Gasteiger partial charge in [-0.15, -0.1) is 0 Å². The fourth-order valence-corrected chi connectivity index (χ4v) is 2.02. The maximum absolute atomic E-state index is 4.15. The molecule has 0 bridgehead atoms. The summed E-state index contributed by atoms with van der Waals surface area (Å²) in [5.41, 5.74) is 2.53. The third-order valence-corrected chi connectivity index (χ3v) is 2.84. The summed E-state index contributed by atoms with van der Waals surface area (Å²) in [6.45, 7) is 9.32. The predicted molar refractivity (Wildman–Crippen MR) is 72.5 cm³/mol. The summed E-state index contributed by atoms with van der Waals surface area (Å²) in [5, 5.41) is 3.50. The molecule has 1 aromatic rings. The SMILES string of the molecule is C=C(CC1CCCN1)c1ccccc1.CC. The van der Waals surface area contributed by atoms with Crippen LogP contribution in [0.4, 0.5) is 0 Å². The molecule has 88 valence electrons. The van der Waals surface area contributed by atoms with Crippen molar-refractivity contribution in [1.82, 2.24) is 5.32 Å². The molecular formula is C15H23N. The summed E-state index contributed by atoms with van der Waals surface area (Å²) < 4.78 is 0. The largest absolute Gasteiger partial charge is 0.314 e. The average molecular weight is 217 g/mol. The van der Waals surface area contributed by atoms with Crippen molar-refractivity contribution >= 4 is 5.57 Å². The van der Waals surface area contributed by atoms with Gasteiger partial charge in [-0.2, -0.15) is 0 Å². The fourth-order valence-electron chi connectivity index (χ4n) is 2.02. The van der Waals surface area contributed by atoms with Gasteiger partial charge in [-0.3, -0.25) is 0 Å². The molecule has 0 aliphatic carbocycles. The van der Waals surface area contributed by atoms with Gasteiger partial charge in [-0.05, 0) is 36.9 Å². The normalized spacial score (nSPS) is 18.8. The Bertz CT molecular complexity index is 296. The third-order valence-electron chi connectivity index (χ3n) is 2.84. The van der Waals surface area contributed by atoms with Crippen molar-refractivity contribution < 1.29 is 0 Å². The quantitative estimate of drug-likeness (QED) is 0.810. The third kappa shape index (κ3) is 3.82. The molecule has 1 aliphatic heterocycles. The average Bonchev–Trinajstić information content (AvgIpc) is 2.86. The molecule has 0 aromatic heterocycles.